The summed E-state index contributed by atoms with van der Waals surface area (Å²) in [5.41, 5.74) is 13.4. The van der Waals surface area contributed by atoms with E-state index < -0.39 is 0 Å². The first kappa shape index (κ1) is 49.2. The van der Waals surface area contributed by atoms with E-state index in [1.807, 2.05) is 0 Å². The molecule has 0 amide bonds. The van der Waals surface area contributed by atoms with E-state index in [4.69, 9.17) is 37.9 Å². The Morgan fingerprint density at radius 3 is 0.690 bits per heavy atom. The molecule has 6 aromatic carbocycles. The Hall–Kier alpha value is -5.40. The maximum Gasteiger partial charge on any atom is 0.158 e. The van der Waals surface area contributed by atoms with Crippen molar-refractivity contribution in [3.63, 3.8) is 0 Å². The molecule has 0 bridgehead atoms. The summed E-state index contributed by atoms with van der Waals surface area (Å²) in [6.07, 6.45) is 13.2. The summed E-state index contributed by atoms with van der Waals surface area (Å²) >= 11 is 0. The quantitative estimate of drug-likeness (QED) is 0.0738. The first-order valence-electron chi connectivity index (χ1n) is 26.2. The first-order chi connectivity index (χ1) is 35.1. The minimum absolute atomic E-state index is 0.120. The third-order valence-corrected chi connectivity index (χ3v) is 13.9. The normalized spacial score (nSPS) is 20.6. The van der Waals surface area contributed by atoms with Gasteiger partial charge in [-0.05, 0) is 190 Å². The summed E-state index contributed by atoms with van der Waals surface area (Å²) in [5, 5.41) is 0. The highest BCUT2D eigenvalue weighted by atomic mass is 16.7. The molecule has 4 saturated heterocycles. The van der Waals surface area contributed by atoms with Crippen LogP contribution in [0, 0.1) is 0 Å². The highest BCUT2D eigenvalue weighted by molar-refractivity contribution is 5.78. The van der Waals surface area contributed by atoms with Gasteiger partial charge < -0.3 is 47.7 Å². The summed E-state index contributed by atoms with van der Waals surface area (Å²) in [7, 11) is 0. The van der Waals surface area contributed by atoms with Gasteiger partial charge in [0.15, 0.2) is 25.2 Å². The topological polar surface area (TPSA) is 80.3 Å². The van der Waals surface area contributed by atoms with Gasteiger partial charge in [0.1, 0.15) is 0 Å². The van der Waals surface area contributed by atoms with Gasteiger partial charge in [-0.15, -0.1) is 0 Å². The zero-order chi connectivity index (χ0) is 47.9. The lowest BCUT2D eigenvalue weighted by molar-refractivity contribution is -0.169. The molecule has 4 atom stereocenters. The molecule has 10 rings (SSSR count). The molecule has 0 N–H and O–H groups in total. The van der Waals surface area contributed by atoms with Gasteiger partial charge in [0.25, 0.3) is 0 Å². The van der Waals surface area contributed by atoms with Crippen molar-refractivity contribution in [1.82, 2.24) is 0 Å². The molecule has 4 heterocycles. The van der Waals surface area contributed by atoms with Crippen LogP contribution < -0.4 is 9.80 Å². The smallest absolute Gasteiger partial charge is 0.158 e. The minimum Gasteiger partial charge on any atom is -0.353 e. The second kappa shape index (κ2) is 25.3. The van der Waals surface area contributed by atoms with E-state index in [1.54, 1.807) is 0 Å². The van der Waals surface area contributed by atoms with Gasteiger partial charge >= 0.3 is 0 Å². The summed E-state index contributed by atoms with van der Waals surface area (Å²) in [4.78, 5) is 4.62. The predicted molar refractivity (Wildman–Crippen MR) is 279 cm³/mol. The Balaban J connectivity index is 0.841. The molecule has 4 fully saturated rings. The lowest BCUT2D eigenvalue weighted by atomic mass is 10.0. The standard InChI is InChI=1S/C61H70N2O8/c1-5-37-64-58(9-1)68-42-48-17-29-54(30-18-48)62(55-31-19-49(20-32-55)43-69-59-10-2-6-38-65-59)52-25-13-46(14-26-52)41-47-15-27-53(28-16-47)63(56-33-21-50(22-34-56)44-70-60-11-3-7-39-66-60)57-35-23-51(24-36-57)45-71-61-12-4-8-40-67-61/h13-36,58-61H,1-12,37-45H2. The predicted octanol–water partition coefficient (Wildman–Crippen LogP) is 14.4. The molecule has 0 aromatic heterocycles. The van der Waals surface area contributed by atoms with E-state index in [-0.39, 0.29) is 25.2 Å². The molecule has 4 unspecified atom stereocenters. The maximum absolute atomic E-state index is 6.12. The zero-order valence-corrected chi connectivity index (χ0v) is 41.2. The van der Waals surface area contributed by atoms with E-state index in [2.05, 4.69) is 155 Å². The van der Waals surface area contributed by atoms with Crippen molar-refractivity contribution >= 4 is 34.1 Å². The Morgan fingerprint density at radius 2 is 0.493 bits per heavy atom. The maximum atomic E-state index is 6.12. The van der Waals surface area contributed by atoms with Gasteiger partial charge in [0.05, 0.1) is 26.4 Å². The van der Waals surface area contributed by atoms with Crippen molar-refractivity contribution in [3.05, 3.63) is 179 Å². The highest BCUT2D eigenvalue weighted by Crippen LogP contribution is 2.38. The fraction of sp³-hybridized carbons (Fsp3) is 0.410. The van der Waals surface area contributed by atoms with Crippen molar-refractivity contribution in [2.24, 2.45) is 0 Å². The Morgan fingerprint density at radius 1 is 0.282 bits per heavy atom. The SMILES string of the molecule is c1cc(N(c2ccc(COC3CCCCO3)cc2)c2ccc(Cc3ccc(N(c4ccc(COC5CCCCO5)cc4)c4ccc(COC5CCCCO5)cc4)cc3)cc2)ccc1COC1CCCCO1. The van der Waals surface area contributed by atoms with Crippen LogP contribution >= 0.6 is 0 Å². The summed E-state index contributed by atoms with van der Waals surface area (Å²) in [6.45, 7) is 5.20. The van der Waals surface area contributed by atoms with Crippen molar-refractivity contribution < 1.29 is 37.9 Å². The molecule has 4 aliphatic rings. The molecule has 10 heteroatoms. The van der Waals surface area contributed by atoms with Crippen LogP contribution in [0.2, 0.25) is 0 Å². The van der Waals surface area contributed by atoms with E-state index >= 15 is 0 Å². The first-order valence-corrected chi connectivity index (χ1v) is 26.2. The van der Waals surface area contributed by atoms with Crippen LogP contribution in [0.15, 0.2) is 146 Å². The number of hydrogen-bond acceptors (Lipinski definition) is 10. The third kappa shape index (κ3) is 14.0. The largest absolute Gasteiger partial charge is 0.353 e. The van der Waals surface area contributed by atoms with Gasteiger partial charge in [0.2, 0.25) is 0 Å². The Bertz CT molecular complexity index is 2170. The molecule has 0 radical (unpaired) electrons. The molecule has 0 spiro atoms. The van der Waals surface area contributed by atoms with Crippen molar-refractivity contribution in [2.75, 3.05) is 36.2 Å². The average molecular weight is 959 g/mol. The summed E-state index contributed by atoms with van der Waals surface area (Å²) in [5.74, 6) is 0. The third-order valence-electron chi connectivity index (χ3n) is 13.9. The lowest BCUT2D eigenvalue weighted by Crippen LogP contribution is -2.22. The zero-order valence-electron chi connectivity index (χ0n) is 41.2. The molecule has 71 heavy (non-hydrogen) atoms. The molecular weight excluding hydrogens is 889 g/mol. The molecule has 372 valence electrons. The van der Waals surface area contributed by atoms with Crippen LogP contribution in [0.3, 0.4) is 0 Å². The molecule has 0 aliphatic carbocycles. The molecular formula is C61H70N2O8. The summed E-state index contributed by atoms with van der Waals surface area (Å²) < 4.78 is 47.8. The molecule has 4 aliphatic heterocycles. The Kier molecular flexibility index (Phi) is 17.5. The van der Waals surface area contributed by atoms with Gasteiger partial charge in [0, 0.05) is 60.6 Å². The van der Waals surface area contributed by atoms with Crippen LogP contribution in [0.4, 0.5) is 34.1 Å². The number of hydrogen-bond donors (Lipinski definition) is 0. The van der Waals surface area contributed by atoms with E-state index in [0.29, 0.717) is 26.4 Å². The fourth-order valence-electron chi connectivity index (χ4n) is 9.75. The van der Waals surface area contributed by atoms with Gasteiger partial charge in [-0.2, -0.15) is 0 Å². The number of anilines is 6. The molecule has 0 saturated carbocycles. The van der Waals surface area contributed by atoms with Gasteiger partial charge in [-0.1, -0.05) is 72.8 Å². The molecule has 10 nitrogen and oxygen atoms in total. The van der Waals surface area contributed by atoms with Crippen LogP contribution in [0.5, 0.6) is 0 Å². The van der Waals surface area contributed by atoms with Gasteiger partial charge in [-0.3, -0.25) is 0 Å². The van der Waals surface area contributed by atoms with Crippen LogP contribution in [-0.2, 0) is 70.7 Å². The number of rotatable bonds is 20. The highest BCUT2D eigenvalue weighted by Gasteiger charge is 2.20. The summed E-state index contributed by atoms with van der Waals surface area (Å²) in [6, 6.07) is 52.7. The molecule has 6 aromatic rings. The van der Waals surface area contributed by atoms with Crippen molar-refractivity contribution in [2.45, 2.75) is 135 Å². The van der Waals surface area contributed by atoms with E-state index in [0.717, 1.165) is 166 Å². The van der Waals surface area contributed by atoms with Crippen LogP contribution in [-0.4, -0.2) is 51.6 Å². The Labute approximate surface area is 420 Å². The minimum atomic E-state index is -0.120. The fourth-order valence-corrected chi connectivity index (χ4v) is 9.75. The van der Waals surface area contributed by atoms with Crippen LogP contribution in [0.25, 0.3) is 0 Å². The van der Waals surface area contributed by atoms with Crippen molar-refractivity contribution in [3.8, 4) is 0 Å². The second-order valence-corrected chi connectivity index (χ2v) is 19.3. The van der Waals surface area contributed by atoms with Gasteiger partial charge in [-0.25, -0.2) is 0 Å². The second-order valence-electron chi connectivity index (χ2n) is 19.3. The number of ether oxygens (including phenoxy) is 8. The monoisotopic (exact) mass is 959 g/mol. The number of nitrogens with zero attached hydrogens (tertiary/aromatic N) is 2. The average Bonchev–Trinajstić information content (AvgIpc) is 3.44. The van der Waals surface area contributed by atoms with E-state index in [9.17, 15) is 0 Å². The van der Waals surface area contributed by atoms with Crippen LogP contribution in [0.1, 0.15) is 110 Å². The van der Waals surface area contributed by atoms with Crippen molar-refractivity contribution in [1.29, 1.82) is 0 Å². The number of benzene rings is 6. The lowest BCUT2D eigenvalue weighted by Gasteiger charge is -2.27. The van der Waals surface area contributed by atoms with E-state index in [1.165, 1.54) is 11.1 Å².